The van der Waals surface area contributed by atoms with Crippen molar-refractivity contribution in [2.24, 2.45) is 5.92 Å². The molecule has 0 saturated heterocycles. The first-order valence-electron chi connectivity index (χ1n) is 9.62. The fourth-order valence-corrected chi connectivity index (χ4v) is 3.78. The van der Waals surface area contributed by atoms with Gasteiger partial charge < -0.3 is 16.4 Å². The first-order chi connectivity index (χ1) is 13.3. The van der Waals surface area contributed by atoms with Gasteiger partial charge in [0.05, 0.1) is 16.6 Å². The minimum absolute atomic E-state index is 0. The fourth-order valence-electron chi connectivity index (χ4n) is 3.58. The van der Waals surface area contributed by atoms with Gasteiger partial charge in [-0.2, -0.15) is 0 Å². The Labute approximate surface area is 182 Å². The molecule has 5 nitrogen and oxygen atoms in total. The topological polar surface area (TPSA) is 84.2 Å². The molecule has 0 spiro atoms. The van der Waals surface area contributed by atoms with E-state index in [0.717, 1.165) is 30.5 Å². The summed E-state index contributed by atoms with van der Waals surface area (Å²) in [6.45, 7) is 3.96. The summed E-state index contributed by atoms with van der Waals surface area (Å²) in [6, 6.07) is 10.7. The Morgan fingerprint density at radius 2 is 1.97 bits per heavy atom. The summed E-state index contributed by atoms with van der Waals surface area (Å²) in [7, 11) is 0. The molecule has 0 aromatic heterocycles. The van der Waals surface area contributed by atoms with Crippen molar-refractivity contribution in [1.29, 1.82) is 0 Å². The van der Waals surface area contributed by atoms with Crippen molar-refractivity contribution in [2.45, 2.75) is 45.6 Å². The first-order valence-corrected chi connectivity index (χ1v) is 10.00. The van der Waals surface area contributed by atoms with E-state index < -0.39 is 0 Å². The van der Waals surface area contributed by atoms with Gasteiger partial charge >= 0.3 is 0 Å². The van der Waals surface area contributed by atoms with E-state index in [4.69, 9.17) is 17.3 Å². The molecular weight excluding hydrogens is 409 g/mol. The van der Waals surface area contributed by atoms with Crippen molar-refractivity contribution >= 4 is 47.2 Å². The average molecular weight is 436 g/mol. The Bertz CT molecular complexity index is 900. The van der Waals surface area contributed by atoms with E-state index in [9.17, 15) is 9.59 Å². The Morgan fingerprint density at radius 1 is 1.21 bits per heavy atom. The zero-order valence-electron chi connectivity index (χ0n) is 16.6. The van der Waals surface area contributed by atoms with Crippen LogP contribution in [0.25, 0.3) is 0 Å². The van der Waals surface area contributed by atoms with E-state index in [-0.39, 0.29) is 36.2 Å². The summed E-state index contributed by atoms with van der Waals surface area (Å²) < 4.78 is 0. The smallest absolute Gasteiger partial charge is 0.253 e. The number of nitrogens with two attached hydrogens (primary N) is 1. The predicted octanol–water partition coefficient (Wildman–Crippen LogP) is 5.14. The molecule has 0 bridgehead atoms. The lowest BCUT2D eigenvalue weighted by Crippen LogP contribution is -2.31. The van der Waals surface area contributed by atoms with E-state index in [1.807, 2.05) is 32.0 Å². The van der Waals surface area contributed by atoms with E-state index in [2.05, 4.69) is 10.6 Å². The first kappa shape index (κ1) is 23.0. The number of aryl methyl sites for hydroxylation is 1. The molecular formula is C22H27Cl2N3O2. The lowest BCUT2D eigenvalue weighted by Gasteiger charge is -2.27. The van der Waals surface area contributed by atoms with Gasteiger partial charge in [0, 0.05) is 17.8 Å². The van der Waals surface area contributed by atoms with E-state index in [1.54, 1.807) is 18.2 Å². The molecule has 1 aliphatic carbocycles. The van der Waals surface area contributed by atoms with Gasteiger partial charge in [-0.1, -0.05) is 31.5 Å². The SMILES string of the molecule is CC(C)CC(=O)Nc1ccc(Cl)c(C(=O)NC2CCCc3cc(N)ccc32)c1.Cl. The number of rotatable bonds is 5. The molecule has 1 aliphatic rings. The minimum atomic E-state index is -0.250. The second-order valence-corrected chi connectivity index (χ2v) is 8.12. The van der Waals surface area contributed by atoms with Crippen LogP contribution >= 0.6 is 24.0 Å². The minimum Gasteiger partial charge on any atom is -0.399 e. The highest BCUT2D eigenvalue weighted by Gasteiger charge is 2.23. The molecule has 1 unspecified atom stereocenters. The van der Waals surface area contributed by atoms with Crippen LogP contribution in [0, 0.1) is 5.92 Å². The third-order valence-corrected chi connectivity index (χ3v) is 5.20. The van der Waals surface area contributed by atoms with Crippen LogP contribution in [0.4, 0.5) is 11.4 Å². The molecule has 1 atom stereocenters. The molecule has 0 radical (unpaired) electrons. The van der Waals surface area contributed by atoms with Crippen molar-refractivity contribution in [3.63, 3.8) is 0 Å². The van der Waals surface area contributed by atoms with Crippen molar-refractivity contribution < 1.29 is 9.59 Å². The maximum Gasteiger partial charge on any atom is 0.253 e. The molecule has 29 heavy (non-hydrogen) atoms. The third kappa shape index (κ3) is 5.87. The van der Waals surface area contributed by atoms with Crippen LogP contribution in [-0.4, -0.2) is 11.8 Å². The van der Waals surface area contributed by atoms with Gasteiger partial charge in [-0.3, -0.25) is 9.59 Å². The van der Waals surface area contributed by atoms with Crippen molar-refractivity contribution in [2.75, 3.05) is 11.1 Å². The fraction of sp³-hybridized carbons (Fsp3) is 0.364. The van der Waals surface area contributed by atoms with E-state index in [1.165, 1.54) is 5.56 Å². The highest BCUT2D eigenvalue weighted by Crippen LogP contribution is 2.32. The summed E-state index contributed by atoms with van der Waals surface area (Å²) in [4.78, 5) is 24.9. The van der Waals surface area contributed by atoms with Gasteiger partial charge in [0.25, 0.3) is 5.91 Å². The van der Waals surface area contributed by atoms with Crippen LogP contribution in [0.2, 0.25) is 5.02 Å². The Hall–Kier alpha value is -2.24. The maximum absolute atomic E-state index is 12.9. The van der Waals surface area contributed by atoms with Crippen molar-refractivity contribution in [1.82, 2.24) is 5.32 Å². The largest absolute Gasteiger partial charge is 0.399 e. The van der Waals surface area contributed by atoms with Gasteiger partial charge in [-0.15, -0.1) is 12.4 Å². The van der Waals surface area contributed by atoms with Crippen LogP contribution < -0.4 is 16.4 Å². The summed E-state index contributed by atoms with van der Waals surface area (Å²) in [5.41, 5.74) is 9.82. The van der Waals surface area contributed by atoms with Crippen LogP contribution in [0.1, 0.15) is 60.6 Å². The molecule has 3 rings (SSSR count). The van der Waals surface area contributed by atoms with Gasteiger partial charge in [0.15, 0.2) is 0 Å². The number of anilines is 2. The maximum atomic E-state index is 12.9. The molecule has 156 valence electrons. The second kappa shape index (κ2) is 9.99. The van der Waals surface area contributed by atoms with Crippen molar-refractivity contribution in [3.8, 4) is 0 Å². The van der Waals surface area contributed by atoms with E-state index >= 15 is 0 Å². The van der Waals surface area contributed by atoms with E-state index in [0.29, 0.717) is 22.7 Å². The molecule has 2 amide bonds. The second-order valence-electron chi connectivity index (χ2n) is 7.72. The van der Waals surface area contributed by atoms with Gasteiger partial charge in [-0.05, 0) is 66.6 Å². The monoisotopic (exact) mass is 435 g/mol. The summed E-state index contributed by atoms with van der Waals surface area (Å²) >= 11 is 6.26. The Balaban J connectivity index is 0.00000300. The van der Waals surface area contributed by atoms with Crippen LogP contribution in [0.3, 0.4) is 0 Å². The molecule has 2 aromatic carbocycles. The molecule has 0 fully saturated rings. The molecule has 0 heterocycles. The summed E-state index contributed by atoms with van der Waals surface area (Å²) in [6.07, 6.45) is 3.24. The molecule has 4 N–H and O–H groups in total. The predicted molar refractivity (Wildman–Crippen MR) is 121 cm³/mol. The number of carbonyl (C=O) groups is 2. The highest BCUT2D eigenvalue weighted by molar-refractivity contribution is 6.34. The number of halogens is 2. The zero-order chi connectivity index (χ0) is 20.3. The Morgan fingerprint density at radius 3 is 2.69 bits per heavy atom. The number of nitrogen functional groups attached to an aromatic ring is 1. The third-order valence-electron chi connectivity index (χ3n) is 4.88. The number of carbonyl (C=O) groups excluding carboxylic acids is 2. The lowest BCUT2D eigenvalue weighted by molar-refractivity contribution is -0.116. The van der Waals surface area contributed by atoms with Crippen LogP contribution in [0.5, 0.6) is 0 Å². The molecule has 0 aliphatic heterocycles. The quantitative estimate of drug-likeness (QED) is 0.568. The zero-order valence-corrected chi connectivity index (χ0v) is 18.2. The Kier molecular flexibility index (Phi) is 7.94. The van der Waals surface area contributed by atoms with Gasteiger partial charge in [0.2, 0.25) is 5.91 Å². The number of nitrogens with one attached hydrogen (secondary N) is 2. The molecule has 0 saturated carbocycles. The molecule has 2 aromatic rings. The van der Waals surface area contributed by atoms with Crippen LogP contribution in [0.15, 0.2) is 36.4 Å². The van der Waals surface area contributed by atoms with Crippen LogP contribution in [-0.2, 0) is 11.2 Å². The summed E-state index contributed by atoms with van der Waals surface area (Å²) in [5.74, 6) is -0.0717. The van der Waals surface area contributed by atoms with Gasteiger partial charge in [0.1, 0.15) is 0 Å². The number of benzene rings is 2. The standard InChI is InChI=1S/C22H26ClN3O2.ClH/c1-13(2)10-21(27)25-16-7-9-19(23)18(12-16)22(28)26-20-5-3-4-14-11-15(24)6-8-17(14)20;/h6-9,11-13,20H,3-5,10,24H2,1-2H3,(H,25,27)(H,26,28);1H. The van der Waals surface area contributed by atoms with Gasteiger partial charge in [-0.25, -0.2) is 0 Å². The number of amides is 2. The normalized spacial score (nSPS) is 15.2. The highest BCUT2D eigenvalue weighted by atomic mass is 35.5. The average Bonchev–Trinajstić information content (AvgIpc) is 2.62. The number of fused-ring (bicyclic) bond motifs is 1. The molecule has 7 heteroatoms. The van der Waals surface area contributed by atoms with Crippen molar-refractivity contribution in [3.05, 3.63) is 58.1 Å². The number of hydrogen-bond acceptors (Lipinski definition) is 3. The number of hydrogen-bond donors (Lipinski definition) is 3. The summed E-state index contributed by atoms with van der Waals surface area (Å²) in [5, 5.41) is 6.27. The lowest BCUT2D eigenvalue weighted by atomic mass is 9.87.